The van der Waals surface area contributed by atoms with Crippen molar-refractivity contribution < 1.29 is 27.0 Å². The predicted molar refractivity (Wildman–Crippen MR) is 74.9 cm³/mol. The van der Waals surface area contributed by atoms with Crippen molar-refractivity contribution in [2.45, 2.75) is 31.8 Å². The van der Waals surface area contributed by atoms with E-state index < -0.39 is 39.8 Å². The van der Waals surface area contributed by atoms with Crippen molar-refractivity contribution in [1.29, 1.82) is 0 Å². The lowest BCUT2D eigenvalue weighted by molar-refractivity contribution is -0.386. The average Bonchev–Trinajstić information content (AvgIpc) is 2.71. The van der Waals surface area contributed by atoms with Gasteiger partial charge in [-0.15, -0.1) is 0 Å². The minimum Gasteiger partial charge on any atom is -0.342 e. The van der Waals surface area contributed by atoms with Crippen LogP contribution in [0.3, 0.4) is 0 Å². The molecule has 1 heterocycles. The smallest absolute Gasteiger partial charge is 0.333 e. The van der Waals surface area contributed by atoms with Crippen LogP contribution in [0.2, 0.25) is 0 Å². The van der Waals surface area contributed by atoms with E-state index in [0.29, 0.717) is 0 Å². The van der Waals surface area contributed by atoms with Crippen LogP contribution >= 0.6 is 0 Å². The summed E-state index contributed by atoms with van der Waals surface area (Å²) in [5.41, 5.74) is 0.135. The molecule has 0 radical (unpaired) electrons. The molecule has 1 saturated heterocycles. The Balaban J connectivity index is 2.32. The van der Waals surface area contributed by atoms with Crippen LogP contribution in [-0.4, -0.2) is 31.8 Å². The Hall–Kier alpha value is -1.59. The summed E-state index contributed by atoms with van der Waals surface area (Å²) in [6.45, 7) is 2.83. The maximum absolute atomic E-state index is 11.1. The van der Waals surface area contributed by atoms with Crippen molar-refractivity contribution in [1.82, 2.24) is 0 Å². The molecule has 0 spiro atoms. The van der Waals surface area contributed by atoms with Crippen LogP contribution in [-0.2, 0) is 24.0 Å². The van der Waals surface area contributed by atoms with Gasteiger partial charge in [-0.25, -0.2) is 5.14 Å². The molecule has 0 aromatic heterocycles. The van der Waals surface area contributed by atoms with Crippen LogP contribution in [0.1, 0.15) is 25.5 Å². The van der Waals surface area contributed by atoms with Gasteiger partial charge in [0.2, 0.25) is 0 Å². The number of nitro groups is 1. The van der Waals surface area contributed by atoms with Crippen molar-refractivity contribution in [3.8, 4) is 0 Å². The van der Waals surface area contributed by atoms with Gasteiger partial charge in [-0.2, -0.15) is 8.42 Å². The number of nitro benzene ring substituents is 1. The molecule has 122 valence electrons. The maximum Gasteiger partial charge on any atom is 0.333 e. The Morgan fingerprint density at radius 2 is 2.00 bits per heavy atom. The third-order valence-electron chi connectivity index (χ3n) is 3.02. The van der Waals surface area contributed by atoms with E-state index >= 15 is 0 Å². The first-order valence-corrected chi connectivity index (χ1v) is 7.82. The molecule has 1 fully saturated rings. The van der Waals surface area contributed by atoms with Crippen molar-refractivity contribution >= 4 is 16.0 Å². The molecular formula is C12H16N2O7S. The molecule has 1 aromatic carbocycles. The number of hydrogen-bond donors (Lipinski definition) is 1. The van der Waals surface area contributed by atoms with Gasteiger partial charge in [-0.3, -0.25) is 14.3 Å². The highest BCUT2D eigenvalue weighted by Crippen LogP contribution is 2.41. The monoisotopic (exact) mass is 332 g/mol. The van der Waals surface area contributed by atoms with Crippen LogP contribution < -0.4 is 5.14 Å². The summed E-state index contributed by atoms with van der Waals surface area (Å²) in [5, 5.41) is 15.9. The number of hydrogen-bond acceptors (Lipinski definition) is 7. The molecule has 0 saturated carbocycles. The number of nitrogens with two attached hydrogens (primary N) is 1. The van der Waals surface area contributed by atoms with Gasteiger partial charge in [0, 0.05) is 6.07 Å². The molecule has 0 bridgehead atoms. The zero-order valence-corrected chi connectivity index (χ0v) is 12.8. The zero-order chi connectivity index (χ0) is 16.5. The second-order valence-corrected chi connectivity index (χ2v) is 6.41. The third-order valence-corrected chi connectivity index (χ3v) is 3.48. The van der Waals surface area contributed by atoms with E-state index in [2.05, 4.69) is 4.18 Å². The van der Waals surface area contributed by atoms with Crippen molar-refractivity contribution in [2.75, 3.05) is 6.61 Å². The van der Waals surface area contributed by atoms with E-state index in [-0.39, 0.29) is 11.3 Å². The fourth-order valence-electron chi connectivity index (χ4n) is 2.28. The Morgan fingerprint density at radius 1 is 1.36 bits per heavy atom. The molecule has 9 nitrogen and oxygen atoms in total. The van der Waals surface area contributed by atoms with Crippen molar-refractivity contribution in [2.24, 2.45) is 5.14 Å². The first-order chi connectivity index (χ1) is 10.1. The summed E-state index contributed by atoms with van der Waals surface area (Å²) in [6, 6.07) is 6.01. The highest BCUT2D eigenvalue weighted by atomic mass is 32.2. The van der Waals surface area contributed by atoms with Gasteiger partial charge < -0.3 is 9.47 Å². The lowest BCUT2D eigenvalue weighted by Gasteiger charge is -2.16. The summed E-state index contributed by atoms with van der Waals surface area (Å²) < 4.78 is 37.6. The number of nitrogens with zero attached hydrogens (tertiary/aromatic N) is 1. The third kappa shape index (κ3) is 3.99. The van der Waals surface area contributed by atoms with E-state index in [1.165, 1.54) is 18.2 Å². The predicted octanol–water partition coefficient (Wildman–Crippen LogP) is 1.01. The second-order valence-electron chi connectivity index (χ2n) is 5.19. The highest BCUT2D eigenvalue weighted by Gasteiger charge is 2.44. The Labute approximate surface area is 127 Å². The first kappa shape index (κ1) is 16.8. The molecule has 1 aliphatic rings. The van der Waals surface area contributed by atoms with Crippen LogP contribution in [0.4, 0.5) is 5.69 Å². The summed E-state index contributed by atoms with van der Waals surface area (Å²) >= 11 is 0. The van der Waals surface area contributed by atoms with Gasteiger partial charge in [-0.1, -0.05) is 12.1 Å². The number of ether oxygens (including phenoxy) is 2. The van der Waals surface area contributed by atoms with Gasteiger partial charge in [-0.05, 0) is 19.9 Å². The molecule has 2 rings (SSSR count). The van der Waals surface area contributed by atoms with E-state index in [4.69, 9.17) is 14.6 Å². The lowest BCUT2D eigenvalue weighted by Crippen LogP contribution is -2.28. The molecule has 2 atom stereocenters. The van der Waals surface area contributed by atoms with Crippen LogP contribution in [0.5, 0.6) is 0 Å². The molecule has 1 aromatic rings. The molecule has 22 heavy (non-hydrogen) atoms. The van der Waals surface area contributed by atoms with Gasteiger partial charge >= 0.3 is 10.3 Å². The molecule has 10 heteroatoms. The number of rotatable bonds is 5. The highest BCUT2D eigenvalue weighted by molar-refractivity contribution is 7.84. The van der Waals surface area contributed by atoms with Gasteiger partial charge in [0.05, 0.1) is 17.1 Å². The van der Waals surface area contributed by atoms with Gasteiger partial charge in [0.1, 0.15) is 12.2 Å². The fourth-order valence-corrected chi connectivity index (χ4v) is 2.60. The quantitative estimate of drug-likeness (QED) is 0.628. The first-order valence-electron chi connectivity index (χ1n) is 6.35. The number of benzene rings is 1. The Bertz CT molecular complexity index is 674. The summed E-state index contributed by atoms with van der Waals surface area (Å²) in [6.07, 6.45) is -1.70. The number of para-hydroxylation sites is 1. The molecule has 0 aliphatic carbocycles. The summed E-state index contributed by atoms with van der Waals surface area (Å²) in [7, 11) is -4.15. The van der Waals surface area contributed by atoms with Gasteiger partial charge in [0.25, 0.3) is 5.69 Å². The fraction of sp³-hybridized carbons (Fsp3) is 0.500. The van der Waals surface area contributed by atoms with Crippen LogP contribution in [0.25, 0.3) is 0 Å². The molecule has 2 N–H and O–H groups in total. The molecular weight excluding hydrogens is 316 g/mol. The molecule has 0 unspecified atom stereocenters. The SMILES string of the molecule is CC1(C)O[C@@H](COS(N)(=O)=O)[C@H](c2ccccc2[N+](=O)[O-])O1. The molecule has 0 amide bonds. The average molecular weight is 332 g/mol. The zero-order valence-electron chi connectivity index (χ0n) is 12.0. The minimum atomic E-state index is -4.15. The lowest BCUT2D eigenvalue weighted by atomic mass is 10.0. The topological polar surface area (TPSA) is 131 Å². The largest absolute Gasteiger partial charge is 0.342 e. The van der Waals surface area contributed by atoms with E-state index in [1.807, 2.05) is 0 Å². The minimum absolute atomic E-state index is 0.144. The summed E-state index contributed by atoms with van der Waals surface area (Å²) in [5.74, 6) is -1.04. The van der Waals surface area contributed by atoms with E-state index in [9.17, 15) is 18.5 Å². The van der Waals surface area contributed by atoms with Crippen molar-refractivity contribution in [3.63, 3.8) is 0 Å². The standard InChI is InChI=1S/C12H16N2O7S/c1-12(2)20-10(7-19-22(13,17)18)11(21-12)8-5-3-4-6-9(8)14(15)16/h3-6,10-11H,7H2,1-2H3,(H2,13,17,18)/t10-,11-/m0/s1. The van der Waals surface area contributed by atoms with E-state index in [1.54, 1.807) is 19.9 Å². The second kappa shape index (κ2) is 5.89. The molecule has 1 aliphatic heterocycles. The van der Waals surface area contributed by atoms with E-state index in [0.717, 1.165) is 0 Å². The Kier molecular flexibility index (Phi) is 4.49. The normalized spacial score (nSPS) is 24.3. The van der Waals surface area contributed by atoms with Crippen LogP contribution in [0, 0.1) is 10.1 Å². The van der Waals surface area contributed by atoms with Gasteiger partial charge in [0.15, 0.2) is 5.79 Å². The maximum atomic E-state index is 11.1. The van der Waals surface area contributed by atoms with Crippen LogP contribution in [0.15, 0.2) is 24.3 Å². The summed E-state index contributed by atoms with van der Waals surface area (Å²) in [4.78, 5) is 10.6. The van der Waals surface area contributed by atoms with Crippen molar-refractivity contribution in [3.05, 3.63) is 39.9 Å². The Morgan fingerprint density at radius 3 is 2.59 bits per heavy atom.